The van der Waals surface area contributed by atoms with E-state index in [-0.39, 0.29) is 11.8 Å². The van der Waals surface area contributed by atoms with Gasteiger partial charge in [0, 0.05) is 35.1 Å². The molecule has 7 heteroatoms. The van der Waals surface area contributed by atoms with Crippen LogP contribution in [0.4, 0.5) is 5.69 Å². The monoisotopic (exact) mass is 367 g/mol. The van der Waals surface area contributed by atoms with Gasteiger partial charge in [0.1, 0.15) is 11.6 Å². The predicted molar refractivity (Wildman–Crippen MR) is 101 cm³/mol. The number of aromatic nitrogens is 1. The highest BCUT2D eigenvalue weighted by Gasteiger charge is 2.32. The number of amides is 1. The van der Waals surface area contributed by atoms with Gasteiger partial charge < -0.3 is 19.5 Å². The third-order valence-electron chi connectivity index (χ3n) is 4.79. The number of amidine groups is 1. The van der Waals surface area contributed by atoms with E-state index in [1.165, 1.54) is 0 Å². The van der Waals surface area contributed by atoms with Gasteiger partial charge in [-0.05, 0) is 31.0 Å². The van der Waals surface area contributed by atoms with Crippen LogP contribution in [0.2, 0.25) is 0 Å². The van der Waals surface area contributed by atoms with E-state index in [0.29, 0.717) is 24.0 Å². The van der Waals surface area contributed by atoms with Crippen LogP contribution in [0.1, 0.15) is 18.4 Å². The fraction of sp³-hybridized carbons (Fsp3) is 0.350. The Balaban J connectivity index is 1.76. The first-order chi connectivity index (χ1) is 13.1. The van der Waals surface area contributed by atoms with Crippen LogP contribution in [0, 0.1) is 5.92 Å². The zero-order valence-electron chi connectivity index (χ0n) is 15.5. The molecule has 2 aliphatic rings. The van der Waals surface area contributed by atoms with Crippen molar-refractivity contribution in [2.24, 2.45) is 10.9 Å². The summed E-state index contributed by atoms with van der Waals surface area (Å²) in [5.74, 6) is 2.49. The lowest BCUT2D eigenvalue weighted by atomic mass is 10.00. The van der Waals surface area contributed by atoms with Crippen molar-refractivity contribution in [2.45, 2.75) is 19.3 Å². The standard InChI is InChI=1S/C20H21N3O4/c1-25-15-8-6-12(13-7-9-17(26-2)23-20(13)27-3)18-14(15)10-16(21-18)22-19(24)11-4-5-11/h6-9,11H,4-5,10H2,1-3H3,(H,21,22,24). The van der Waals surface area contributed by atoms with Gasteiger partial charge in [-0.25, -0.2) is 4.99 Å². The molecule has 0 bridgehead atoms. The number of carbonyl (C=O) groups is 1. The summed E-state index contributed by atoms with van der Waals surface area (Å²) < 4.78 is 16.1. The number of hydrogen-bond acceptors (Lipinski definition) is 6. The number of methoxy groups -OCH3 is 3. The van der Waals surface area contributed by atoms with Crippen LogP contribution < -0.4 is 19.5 Å². The first-order valence-electron chi connectivity index (χ1n) is 8.82. The molecule has 7 nitrogen and oxygen atoms in total. The summed E-state index contributed by atoms with van der Waals surface area (Å²) in [5.41, 5.74) is 3.38. The normalized spacial score (nSPS) is 15.0. The number of aliphatic imine (C=N–C) groups is 1. The second-order valence-electron chi connectivity index (χ2n) is 6.55. The third-order valence-corrected chi connectivity index (χ3v) is 4.79. The number of benzene rings is 1. The molecule has 140 valence electrons. The molecule has 2 heterocycles. The molecule has 1 aliphatic heterocycles. The number of carbonyl (C=O) groups excluding carboxylic acids is 1. The van der Waals surface area contributed by atoms with Crippen LogP contribution in [0.15, 0.2) is 29.3 Å². The second kappa shape index (κ2) is 6.90. The van der Waals surface area contributed by atoms with E-state index in [4.69, 9.17) is 19.2 Å². The van der Waals surface area contributed by atoms with Crippen LogP contribution in [-0.4, -0.2) is 38.1 Å². The highest BCUT2D eigenvalue weighted by Crippen LogP contribution is 2.44. The van der Waals surface area contributed by atoms with Crippen LogP contribution in [0.3, 0.4) is 0 Å². The minimum atomic E-state index is 0.0470. The molecule has 0 unspecified atom stereocenters. The number of nitrogens with zero attached hydrogens (tertiary/aromatic N) is 2. The van der Waals surface area contributed by atoms with E-state index in [0.717, 1.165) is 41.0 Å². The maximum Gasteiger partial charge on any atom is 0.228 e. The lowest BCUT2D eigenvalue weighted by molar-refractivity contribution is -0.120. The quantitative estimate of drug-likeness (QED) is 0.879. The molecule has 0 spiro atoms. The Morgan fingerprint density at radius 3 is 2.48 bits per heavy atom. The highest BCUT2D eigenvalue weighted by atomic mass is 16.5. The molecule has 27 heavy (non-hydrogen) atoms. The van der Waals surface area contributed by atoms with Crippen molar-refractivity contribution < 1.29 is 19.0 Å². The van der Waals surface area contributed by atoms with E-state index >= 15 is 0 Å². The number of ether oxygens (including phenoxy) is 3. The molecule has 0 saturated heterocycles. The van der Waals surface area contributed by atoms with Gasteiger partial charge in [-0.15, -0.1) is 0 Å². The molecule has 2 aromatic rings. The van der Waals surface area contributed by atoms with Crippen LogP contribution in [0.5, 0.6) is 17.5 Å². The van der Waals surface area contributed by atoms with Gasteiger partial charge >= 0.3 is 0 Å². The van der Waals surface area contributed by atoms with Crippen molar-refractivity contribution in [1.82, 2.24) is 10.3 Å². The predicted octanol–water partition coefficient (Wildman–Crippen LogP) is 2.89. The SMILES string of the molecule is COc1ccc(-c2ccc(OC)c3c2N=C(NC(=O)C2CC2)C3)c(OC)n1. The van der Waals surface area contributed by atoms with Crippen molar-refractivity contribution in [1.29, 1.82) is 0 Å². The average Bonchev–Trinajstić information content (AvgIpc) is 3.47. The van der Waals surface area contributed by atoms with Crippen molar-refractivity contribution in [3.8, 4) is 28.6 Å². The lowest BCUT2D eigenvalue weighted by Gasteiger charge is -2.13. The zero-order chi connectivity index (χ0) is 19.0. The summed E-state index contributed by atoms with van der Waals surface area (Å²) in [6, 6.07) is 7.50. The van der Waals surface area contributed by atoms with Gasteiger partial charge in [0.05, 0.1) is 27.0 Å². The maximum atomic E-state index is 12.1. The second-order valence-corrected chi connectivity index (χ2v) is 6.55. The number of nitrogens with one attached hydrogen (secondary N) is 1. The van der Waals surface area contributed by atoms with Gasteiger partial charge in [-0.1, -0.05) is 0 Å². The topological polar surface area (TPSA) is 82.0 Å². The first-order valence-corrected chi connectivity index (χ1v) is 8.82. The molecule has 0 atom stereocenters. The molecular formula is C20H21N3O4. The van der Waals surface area contributed by atoms with E-state index < -0.39 is 0 Å². The van der Waals surface area contributed by atoms with Crippen LogP contribution >= 0.6 is 0 Å². The number of rotatable bonds is 5. The summed E-state index contributed by atoms with van der Waals surface area (Å²) in [6.07, 6.45) is 2.43. The molecule has 1 fully saturated rings. The van der Waals surface area contributed by atoms with E-state index in [2.05, 4.69) is 10.3 Å². The number of pyridine rings is 1. The Morgan fingerprint density at radius 1 is 1.04 bits per heavy atom. The van der Waals surface area contributed by atoms with E-state index in [9.17, 15) is 4.79 Å². The summed E-state index contributed by atoms with van der Waals surface area (Å²) in [6.45, 7) is 0. The van der Waals surface area contributed by atoms with Crippen LogP contribution in [0.25, 0.3) is 11.1 Å². The Labute approximate surface area is 157 Å². The number of hydrogen-bond donors (Lipinski definition) is 1. The summed E-state index contributed by atoms with van der Waals surface area (Å²) in [5, 5.41) is 2.95. The van der Waals surface area contributed by atoms with Crippen molar-refractivity contribution >= 4 is 17.4 Å². The van der Waals surface area contributed by atoms with Crippen molar-refractivity contribution in [2.75, 3.05) is 21.3 Å². The van der Waals surface area contributed by atoms with Crippen molar-refractivity contribution in [3.63, 3.8) is 0 Å². The average molecular weight is 367 g/mol. The minimum Gasteiger partial charge on any atom is -0.496 e. The molecule has 4 rings (SSSR count). The third kappa shape index (κ3) is 3.20. The Bertz CT molecular complexity index is 935. The van der Waals surface area contributed by atoms with E-state index in [1.807, 2.05) is 18.2 Å². The first kappa shape index (κ1) is 17.3. The van der Waals surface area contributed by atoms with E-state index in [1.54, 1.807) is 27.4 Å². The zero-order valence-corrected chi connectivity index (χ0v) is 15.5. The summed E-state index contributed by atoms with van der Waals surface area (Å²) in [7, 11) is 4.76. The molecule has 1 aromatic carbocycles. The van der Waals surface area contributed by atoms with Gasteiger partial charge in [0.25, 0.3) is 0 Å². The Hall–Kier alpha value is -3.09. The molecule has 0 radical (unpaired) electrons. The molecule has 1 saturated carbocycles. The molecule has 1 aliphatic carbocycles. The van der Waals surface area contributed by atoms with Crippen molar-refractivity contribution in [3.05, 3.63) is 29.8 Å². The smallest absolute Gasteiger partial charge is 0.228 e. The van der Waals surface area contributed by atoms with Gasteiger partial charge in [0.15, 0.2) is 0 Å². The highest BCUT2D eigenvalue weighted by molar-refractivity contribution is 6.06. The summed E-state index contributed by atoms with van der Waals surface area (Å²) in [4.78, 5) is 21.2. The summed E-state index contributed by atoms with van der Waals surface area (Å²) >= 11 is 0. The van der Waals surface area contributed by atoms with Gasteiger partial charge in [-0.3, -0.25) is 4.79 Å². The molecular weight excluding hydrogens is 346 g/mol. The lowest BCUT2D eigenvalue weighted by Crippen LogP contribution is -2.31. The van der Waals surface area contributed by atoms with Gasteiger partial charge in [0.2, 0.25) is 17.7 Å². The van der Waals surface area contributed by atoms with Crippen LogP contribution in [-0.2, 0) is 11.2 Å². The fourth-order valence-corrected chi connectivity index (χ4v) is 3.23. The fourth-order valence-electron chi connectivity index (χ4n) is 3.23. The largest absolute Gasteiger partial charge is 0.496 e. The Morgan fingerprint density at radius 2 is 1.81 bits per heavy atom. The minimum absolute atomic E-state index is 0.0470. The number of fused-ring (bicyclic) bond motifs is 1. The molecule has 1 amide bonds. The molecule has 1 aromatic heterocycles. The molecule has 1 N–H and O–H groups in total. The van der Waals surface area contributed by atoms with Gasteiger partial charge in [-0.2, -0.15) is 4.98 Å². The Kier molecular flexibility index (Phi) is 4.43. The maximum absolute atomic E-state index is 12.1.